The number of rotatable bonds is 4. The van der Waals surface area contributed by atoms with Gasteiger partial charge in [-0.1, -0.05) is 6.07 Å². The number of thiol groups is 1. The zero-order chi connectivity index (χ0) is 18.9. The number of aromatic nitrogens is 3. The Labute approximate surface area is 172 Å². The average Bonchev–Trinajstić information content (AvgIpc) is 3.12. The van der Waals surface area contributed by atoms with Crippen molar-refractivity contribution in [2.75, 3.05) is 31.5 Å². The maximum Gasteiger partial charge on any atom is 0.227 e. The van der Waals surface area contributed by atoms with Gasteiger partial charge < -0.3 is 10.6 Å². The first-order valence-corrected chi connectivity index (χ1v) is 10.6. The molecular formula is C20H20N6S2. The molecule has 0 unspecified atom stereocenters. The zero-order valence-electron chi connectivity index (χ0n) is 15.2. The van der Waals surface area contributed by atoms with Crippen LogP contribution in [0.15, 0.2) is 47.5 Å². The second-order valence-electron chi connectivity index (χ2n) is 6.85. The van der Waals surface area contributed by atoms with Gasteiger partial charge in [-0.15, -0.1) is 24.0 Å². The minimum atomic E-state index is 0.565. The van der Waals surface area contributed by atoms with Crippen LogP contribution >= 0.6 is 24.0 Å². The number of hydrogen-bond donors (Lipinski definition) is 3. The fraction of sp³-hybridized carbons (Fsp3) is 0.250. The van der Waals surface area contributed by atoms with Gasteiger partial charge >= 0.3 is 0 Å². The van der Waals surface area contributed by atoms with E-state index >= 15 is 0 Å². The maximum atomic E-state index is 4.92. The lowest BCUT2D eigenvalue weighted by Gasteiger charge is -2.25. The molecule has 3 heterocycles. The number of hydrogen-bond acceptors (Lipinski definition) is 8. The molecule has 1 aliphatic heterocycles. The van der Waals surface area contributed by atoms with Crippen molar-refractivity contribution in [1.82, 2.24) is 25.2 Å². The molecule has 0 atom stereocenters. The van der Waals surface area contributed by atoms with Gasteiger partial charge in [0.25, 0.3) is 0 Å². The predicted octanol–water partition coefficient (Wildman–Crippen LogP) is 3.68. The summed E-state index contributed by atoms with van der Waals surface area (Å²) in [5, 5.41) is 8.80. The Bertz CT molecular complexity index is 1140. The van der Waals surface area contributed by atoms with Crippen LogP contribution in [0.2, 0.25) is 0 Å². The van der Waals surface area contributed by atoms with Gasteiger partial charge in [0.15, 0.2) is 0 Å². The van der Waals surface area contributed by atoms with E-state index in [0.29, 0.717) is 5.95 Å². The summed E-state index contributed by atoms with van der Waals surface area (Å²) in [5.74, 6) is 0.565. The molecule has 0 aliphatic carbocycles. The molecule has 0 saturated carbocycles. The van der Waals surface area contributed by atoms with Gasteiger partial charge in [-0.05, 0) is 30.3 Å². The summed E-state index contributed by atoms with van der Waals surface area (Å²) in [6.07, 6.45) is 1.85. The van der Waals surface area contributed by atoms with Gasteiger partial charge in [-0.3, -0.25) is 4.90 Å². The number of benzene rings is 2. The Balaban J connectivity index is 1.48. The number of fused-ring (bicyclic) bond motifs is 3. The summed E-state index contributed by atoms with van der Waals surface area (Å²) in [6.45, 7) is 5.12. The van der Waals surface area contributed by atoms with Crippen LogP contribution in [-0.4, -0.2) is 46.0 Å². The van der Waals surface area contributed by atoms with Gasteiger partial charge in [0.05, 0.1) is 11.2 Å². The van der Waals surface area contributed by atoms with E-state index in [9.17, 15) is 0 Å². The molecule has 0 bridgehead atoms. The molecule has 6 nitrogen and oxygen atoms in total. The van der Waals surface area contributed by atoms with Gasteiger partial charge in [0.1, 0.15) is 16.0 Å². The van der Waals surface area contributed by atoms with Crippen LogP contribution in [0.3, 0.4) is 0 Å². The average molecular weight is 409 g/mol. The Morgan fingerprint density at radius 1 is 1.11 bits per heavy atom. The van der Waals surface area contributed by atoms with Crippen molar-refractivity contribution in [3.05, 3.63) is 47.6 Å². The van der Waals surface area contributed by atoms with Crippen molar-refractivity contribution < 1.29 is 0 Å². The number of thiazole rings is 1. The van der Waals surface area contributed by atoms with Crippen molar-refractivity contribution >= 4 is 56.7 Å². The lowest BCUT2D eigenvalue weighted by atomic mass is 10.2. The Kier molecular flexibility index (Phi) is 4.86. The van der Waals surface area contributed by atoms with Crippen LogP contribution in [0.4, 0.5) is 11.6 Å². The minimum absolute atomic E-state index is 0.565. The Hall–Kier alpha value is -2.26. The third-order valence-electron chi connectivity index (χ3n) is 4.82. The highest BCUT2D eigenvalue weighted by atomic mass is 32.1. The molecule has 8 heteroatoms. The largest absolute Gasteiger partial charge is 0.324 e. The monoisotopic (exact) mass is 408 g/mol. The first-order valence-electron chi connectivity index (χ1n) is 9.29. The number of anilines is 2. The van der Waals surface area contributed by atoms with Crippen molar-refractivity contribution in [2.24, 2.45) is 0 Å². The quantitative estimate of drug-likeness (QED) is 0.448. The van der Waals surface area contributed by atoms with Crippen molar-refractivity contribution in [1.29, 1.82) is 0 Å². The highest BCUT2D eigenvalue weighted by molar-refractivity contribution is 7.80. The summed E-state index contributed by atoms with van der Waals surface area (Å²) in [6, 6.07) is 12.0. The van der Waals surface area contributed by atoms with Crippen molar-refractivity contribution in [2.45, 2.75) is 11.4 Å². The second kappa shape index (κ2) is 7.63. The van der Waals surface area contributed by atoms with Crippen LogP contribution in [0, 0.1) is 0 Å². The van der Waals surface area contributed by atoms with Crippen molar-refractivity contribution in [3.63, 3.8) is 0 Å². The van der Waals surface area contributed by atoms with E-state index in [-0.39, 0.29) is 0 Å². The second-order valence-corrected chi connectivity index (χ2v) is 8.48. The first-order chi connectivity index (χ1) is 13.7. The normalized spacial score (nSPS) is 15.3. The molecule has 0 spiro atoms. The van der Waals surface area contributed by atoms with Crippen LogP contribution in [0.1, 0.15) is 5.01 Å². The smallest absolute Gasteiger partial charge is 0.227 e. The van der Waals surface area contributed by atoms with Crippen LogP contribution in [0.25, 0.3) is 21.1 Å². The molecule has 2 N–H and O–H groups in total. The topological polar surface area (TPSA) is 66.0 Å². The van der Waals surface area contributed by atoms with Crippen LogP contribution in [0.5, 0.6) is 0 Å². The molecule has 1 fully saturated rings. The van der Waals surface area contributed by atoms with Gasteiger partial charge in [0, 0.05) is 48.3 Å². The highest BCUT2D eigenvalue weighted by Gasteiger charge is 2.15. The van der Waals surface area contributed by atoms with Crippen molar-refractivity contribution in [3.8, 4) is 0 Å². The van der Waals surface area contributed by atoms with Crippen LogP contribution < -0.4 is 10.6 Å². The molecule has 0 radical (unpaired) electrons. The summed E-state index contributed by atoms with van der Waals surface area (Å²) in [7, 11) is 0. The maximum absolute atomic E-state index is 4.92. The van der Waals surface area contributed by atoms with E-state index in [2.05, 4.69) is 45.3 Å². The summed E-state index contributed by atoms with van der Waals surface area (Å²) in [5.41, 5.74) is 2.76. The Morgan fingerprint density at radius 3 is 2.86 bits per heavy atom. The molecule has 2 aromatic heterocycles. The van der Waals surface area contributed by atoms with E-state index in [1.54, 1.807) is 11.3 Å². The van der Waals surface area contributed by atoms with E-state index in [0.717, 1.165) is 64.7 Å². The molecule has 0 amide bonds. The first kappa shape index (κ1) is 17.8. The van der Waals surface area contributed by atoms with Gasteiger partial charge in [-0.25, -0.2) is 15.0 Å². The molecule has 2 aromatic carbocycles. The fourth-order valence-corrected chi connectivity index (χ4v) is 4.67. The molecular weight excluding hydrogens is 388 g/mol. The summed E-state index contributed by atoms with van der Waals surface area (Å²) in [4.78, 5) is 17.5. The summed E-state index contributed by atoms with van der Waals surface area (Å²) >= 11 is 6.14. The lowest BCUT2D eigenvalue weighted by molar-refractivity contribution is 0.233. The minimum Gasteiger partial charge on any atom is -0.324 e. The molecule has 5 rings (SSSR count). The van der Waals surface area contributed by atoms with E-state index in [1.807, 2.05) is 30.5 Å². The molecule has 1 saturated heterocycles. The molecule has 28 heavy (non-hydrogen) atoms. The Morgan fingerprint density at radius 2 is 2.00 bits per heavy atom. The SMILES string of the molecule is Sc1cccc(Nc2ncc3ccc4sc(CN5CCNCC5)nc4c3n2)c1. The lowest BCUT2D eigenvalue weighted by Crippen LogP contribution is -2.42. The predicted molar refractivity (Wildman–Crippen MR) is 118 cm³/mol. The van der Waals surface area contributed by atoms with Gasteiger partial charge in [0.2, 0.25) is 5.95 Å². The van der Waals surface area contributed by atoms with Gasteiger partial charge in [-0.2, -0.15) is 0 Å². The number of piperazine rings is 1. The van der Waals surface area contributed by atoms with Crippen LogP contribution in [-0.2, 0) is 6.54 Å². The molecule has 1 aliphatic rings. The number of nitrogens with zero attached hydrogens (tertiary/aromatic N) is 4. The third kappa shape index (κ3) is 3.68. The summed E-state index contributed by atoms with van der Waals surface area (Å²) < 4.78 is 1.17. The molecule has 142 valence electrons. The molecule has 4 aromatic rings. The highest BCUT2D eigenvalue weighted by Crippen LogP contribution is 2.29. The van der Waals surface area contributed by atoms with E-state index in [4.69, 9.17) is 9.97 Å². The van der Waals surface area contributed by atoms with E-state index in [1.165, 1.54) is 4.70 Å². The number of nitrogens with one attached hydrogen (secondary N) is 2. The third-order valence-corrected chi connectivity index (χ3v) is 6.11. The fourth-order valence-electron chi connectivity index (χ4n) is 3.43. The standard InChI is InChI=1S/C20H20N6S2/c27-15-3-1-2-14(10-15)23-20-22-11-13-4-5-16-19(18(13)25-20)24-17(28-16)12-26-8-6-21-7-9-26/h1-5,10-11,21,27H,6-9,12H2,(H,22,23,25). The van der Waals surface area contributed by atoms with E-state index < -0.39 is 0 Å². The zero-order valence-corrected chi connectivity index (χ0v) is 16.9.